The summed E-state index contributed by atoms with van der Waals surface area (Å²) in [5.41, 5.74) is 0. The molecule has 0 aromatic heterocycles. The Morgan fingerprint density at radius 2 is 2.12 bits per heavy atom. The van der Waals surface area contributed by atoms with Crippen LogP contribution in [0.5, 0.6) is 0 Å². The minimum absolute atomic E-state index is 0.160. The van der Waals surface area contributed by atoms with E-state index in [1.165, 1.54) is 12.8 Å². The highest BCUT2D eigenvalue weighted by molar-refractivity contribution is 4.87. The van der Waals surface area contributed by atoms with Gasteiger partial charge in [-0.25, -0.2) is 0 Å². The predicted octanol–water partition coefficient (Wildman–Crippen LogP) is 1.89. The van der Waals surface area contributed by atoms with E-state index >= 15 is 0 Å². The van der Waals surface area contributed by atoms with Crippen molar-refractivity contribution >= 4 is 0 Å². The average Bonchev–Trinajstić information content (AvgIpc) is 2.29. The van der Waals surface area contributed by atoms with E-state index in [9.17, 15) is 5.11 Å². The molecule has 0 aromatic rings. The molecule has 1 rings (SSSR count). The van der Waals surface area contributed by atoms with E-state index < -0.39 is 0 Å². The van der Waals surface area contributed by atoms with E-state index in [0.717, 1.165) is 25.4 Å². The molecule has 0 aliphatic heterocycles. The van der Waals surface area contributed by atoms with Crippen LogP contribution in [-0.2, 0) is 4.74 Å². The van der Waals surface area contributed by atoms with Gasteiger partial charge in [0, 0.05) is 19.2 Å². The van der Waals surface area contributed by atoms with Crippen LogP contribution in [0.1, 0.15) is 39.5 Å². The molecule has 1 fully saturated rings. The highest BCUT2D eigenvalue weighted by atomic mass is 16.5. The van der Waals surface area contributed by atoms with Crippen molar-refractivity contribution in [2.45, 2.75) is 57.7 Å². The number of ether oxygens (including phenoxy) is 1. The van der Waals surface area contributed by atoms with Crippen LogP contribution < -0.4 is 0 Å². The maximum atomic E-state index is 10.1. The van der Waals surface area contributed by atoms with Crippen LogP contribution in [0.3, 0.4) is 0 Å². The fourth-order valence-electron chi connectivity index (χ4n) is 2.71. The van der Waals surface area contributed by atoms with Gasteiger partial charge in [-0.2, -0.15) is 0 Å². The van der Waals surface area contributed by atoms with Gasteiger partial charge in [-0.15, -0.1) is 0 Å². The Morgan fingerprint density at radius 3 is 2.69 bits per heavy atom. The van der Waals surface area contributed by atoms with Gasteiger partial charge >= 0.3 is 0 Å². The predicted molar refractivity (Wildman–Crippen MR) is 66.5 cm³/mol. The molecular weight excluding hydrogens is 202 g/mol. The van der Waals surface area contributed by atoms with Gasteiger partial charge < -0.3 is 9.84 Å². The zero-order chi connectivity index (χ0) is 12.1. The number of hydrogen-bond donors (Lipinski definition) is 1. The first kappa shape index (κ1) is 13.9. The molecule has 0 spiro atoms. The van der Waals surface area contributed by atoms with Crippen molar-refractivity contribution in [3.8, 4) is 0 Å². The Labute approximate surface area is 99.8 Å². The molecule has 0 radical (unpaired) electrons. The molecule has 0 aromatic carbocycles. The SMILES string of the molecule is CCC1CCC(O)C(N(C)C(C)COC)C1. The van der Waals surface area contributed by atoms with Crippen LogP contribution in [-0.4, -0.2) is 49.0 Å². The fraction of sp³-hybridized carbons (Fsp3) is 1.00. The lowest BCUT2D eigenvalue weighted by atomic mass is 9.81. The van der Waals surface area contributed by atoms with Gasteiger partial charge in [-0.3, -0.25) is 4.90 Å². The van der Waals surface area contributed by atoms with Crippen molar-refractivity contribution in [1.29, 1.82) is 0 Å². The summed E-state index contributed by atoms with van der Waals surface area (Å²) in [6.45, 7) is 5.14. The normalized spacial score (nSPS) is 33.0. The lowest BCUT2D eigenvalue weighted by Crippen LogP contribution is -2.50. The zero-order valence-corrected chi connectivity index (χ0v) is 11.1. The highest BCUT2D eigenvalue weighted by Gasteiger charge is 2.32. The number of nitrogens with zero attached hydrogens (tertiary/aromatic N) is 1. The van der Waals surface area contributed by atoms with Crippen molar-refractivity contribution in [1.82, 2.24) is 4.90 Å². The van der Waals surface area contributed by atoms with Crippen LogP contribution in [0.25, 0.3) is 0 Å². The quantitative estimate of drug-likeness (QED) is 0.781. The van der Waals surface area contributed by atoms with Gasteiger partial charge in [0.05, 0.1) is 12.7 Å². The summed E-state index contributed by atoms with van der Waals surface area (Å²) in [5.74, 6) is 0.783. The summed E-state index contributed by atoms with van der Waals surface area (Å²) >= 11 is 0. The molecule has 1 aliphatic rings. The largest absolute Gasteiger partial charge is 0.391 e. The van der Waals surface area contributed by atoms with Crippen LogP contribution in [0.15, 0.2) is 0 Å². The lowest BCUT2D eigenvalue weighted by molar-refractivity contribution is -0.0151. The number of hydrogen-bond acceptors (Lipinski definition) is 3. The fourth-order valence-corrected chi connectivity index (χ4v) is 2.71. The number of aliphatic hydroxyl groups excluding tert-OH is 1. The maximum absolute atomic E-state index is 10.1. The summed E-state index contributed by atoms with van der Waals surface area (Å²) in [6, 6.07) is 0.684. The maximum Gasteiger partial charge on any atom is 0.0695 e. The third-order valence-electron chi connectivity index (χ3n) is 4.09. The smallest absolute Gasteiger partial charge is 0.0695 e. The summed E-state index contributed by atoms with van der Waals surface area (Å²) in [4.78, 5) is 2.29. The van der Waals surface area contributed by atoms with Gasteiger partial charge in [0.25, 0.3) is 0 Å². The van der Waals surface area contributed by atoms with Gasteiger partial charge in [-0.1, -0.05) is 13.3 Å². The minimum Gasteiger partial charge on any atom is -0.391 e. The van der Waals surface area contributed by atoms with Gasteiger partial charge in [0.1, 0.15) is 0 Å². The summed E-state index contributed by atoms with van der Waals surface area (Å²) in [5, 5.41) is 10.1. The third kappa shape index (κ3) is 3.44. The van der Waals surface area contributed by atoms with Gasteiger partial charge in [0.15, 0.2) is 0 Å². The Hall–Kier alpha value is -0.120. The average molecular weight is 229 g/mol. The molecule has 0 saturated heterocycles. The zero-order valence-electron chi connectivity index (χ0n) is 11.1. The van der Waals surface area contributed by atoms with Crippen LogP contribution in [0.4, 0.5) is 0 Å². The molecule has 0 heterocycles. The molecule has 3 nitrogen and oxygen atoms in total. The van der Waals surface area contributed by atoms with E-state index in [1.807, 2.05) is 0 Å². The van der Waals surface area contributed by atoms with Crippen molar-refractivity contribution in [3.63, 3.8) is 0 Å². The molecule has 4 atom stereocenters. The van der Waals surface area contributed by atoms with Crippen LogP contribution in [0, 0.1) is 5.92 Å². The standard InChI is InChI=1S/C13H27NO2/c1-5-11-6-7-13(15)12(8-11)14(3)10(2)9-16-4/h10-13,15H,5-9H2,1-4H3. The van der Waals surface area contributed by atoms with Crippen molar-refractivity contribution in [3.05, 3.63) is 0 Å². The van der Waals surface area contributed by atoms with Gasteiger partial charge in [-0.05, 0) is 39.2 Å². The molecule has 96 valence electrons. The Morgan fingerprint density at radius 1 is 1.44 bits per heavy atom. The number of aliphatic hydroxyl groups is 1. The first-order valence-electron chi connectivity index (χ1n) is 6.49. The van der Waals surface area contributed by atoms with E-state index in [4.69, 9.17) is 4.74 Å². The molecule has 1 aliphatic carbocycles. The molecule has 16 heavy (non-hydrogen) atoms. The Kier molecular flexibility index (Phi) is 5.73. The first-order chi connectivity index (χ1) is 7.60. The molecule has 3 heteroatoms. The molecule has 1 N–H and O–H groups in total. The summed E-state index contributed by atoms with van der Waals surface area (Å²) in [7, 11) is 3.84. The second kappa shape index (κ2) is 6.58. The minimum atomic E-state index is -0.160. The van der Waals surface area contributed by atoms with Crippen molar-refractivity contribution in [2.75, 3.05) is 20.8 Å². The molecule has 0 amide bonds. The lowest BCUT2D eigenvalue weighted by Gasteiger charge is -2.41. The number of likely N-dealkylation sites (N-methyl/N-ethyl adjacent to an activating group) is 1. The van der Waals surface area contributed by atoms with E-state index in [-0.39, 0.29) is 6.10 Å². The molecule has 1 saturated carbocycles. The molecular formula is C13H27NO2. The van der Waals surface area contributed by atoms with Gasteiger partial charge in [0.2, 0.25) is 0 Å². The van der Waals surface area contributed by atoms with Crippen molar-refractivity contribution < 1.29 is 9.84 Å². The first-order valence-corrected chi connectivity index (χ1v) is 6.49. The topological polar surface area (TPSA) is 32.7 Å². The number of methoxy groups -OCH3 is 1. The summed E-state index contributed by atoms with van der Waals surface area (Å²) in [6.07, 6.45) is 4.33. The van der Waals surface area contributed by atoms with Crippen LogP contribution >= 0.6 is 0 Å². The van der Waals surface area contributed by atoms with Crippen LogP contribution in [0.2, 0.25) is 0 Å². The Bertz CT molecular complexity index is 198. The van der Waals surface area contributed by atoms with E-state index in [1.54, 1.807) is 7.11 Å². The molecule has 4 unspecified atom stereocenters. The Balaban J connectivity index is 2.54. The van der Waals surface area contributed by atoms with E-state index in [0.29, 0.717) is 12.1 Å². The highest BCUT2D eigenvalue weighted by Crippen LogP contribution is 2.30. The summed E-state index contributed by atoms with van der Waals surface area (Å²) < 4.78 is 5.18. The second-order valence-corrected chi connectivity index (χ2v) is 5.19. The van der Waals surface area contributed by atoms with E-state index in [2.05, 4.69) is 25.8 Å². The number of rotatable bonds is 5. The molecule has 0 bridgehead atoms. The third-order valence-corrected chi connectivity index (χ3v) is 4.09. The monoisotopic (exact) mass is 229 g/mol. The van der Waals surface area contributed by atoms with Crippen molar-refractivity contribution in [2.24, 2.45) is 5.92 Å². The second-order valence-electron chi connectivity index (χ2n) is 5.19.